The van der Waals surface area contributed by atoms with Crippen LogP contribution in [0.2, 0.25) is 5.02 Å². The molecule has 5 nitrogen and oxygen atoms in total. The third kappa shape index (κ3) is 3.15. The van der Waals surface area contributed by atoms with Gasteiger partial charge < -0.3 is 14.7 Å². The molecule has 1 aromatic carbocycles. The molecule has 2 amide bonds. The lowest BCUT2D eigenvalue weighted by Gasteiger charge is -2.30. The summed E-state index contributed by atoms with van der Waals surface area (Å²) in [6.45, 7) is 3.05. The molecule has 2 heterocycles. The Morgan fingerprint density at radius 3 is 2.78 bits per heavy atom. The molecule has 1 saturated heterocycles. The van der Waals surface area contributed by atoms with Crippen LogP contribution in [0.1, 0.15) is 13.3 Å². The van der Waals surface area contributed by atoms with E-state index in [2.05, 4.69) is 4.90 Å². The van der Waals surface area contributed by atoms with Crippen LogP contribution in [0.5, 0.6) is 0 Å². The fraction of sp³-hybridized carbons (Fsp3) is 0.500. The van der Waals surface area contributed by atoms with Gasteiger partial charge in [0.1, 0.15) is 6.04 Å². The van der Waals surface area contributed by atoms with Crippen molar-refractivity contribution in [1.82, 2.24) is 4.90 Å². The summed E-state index contributed by atoms with van der Waals surface area (Å²) >= 11 is 7.78. The van der Waals surface area contributed by atoms with E-state index < -0.39 is 0 Å². The molecule has 0 N–H and O–H groups in total. The molecule has 0 aliphatic carbocycles. The van der Waals surface area contributed by atoms with Gasteiger partial charge in [-0.15, -0.1) is 11.8 Å². The topological polar surface area (TPSA) is 43.9 Å². The molecule has 0 bridgehead atoms. The first-order valence-corrected chi connectivity index (χ1v) is 9.19. The molecule has 7 heteroatoms. The molecule has 1 fully saturated rings. The van der Waals surface area contributed by atoms with E-state index in [1.807, 2.05) is 25.2 Å². The van der Waals surface area contributed by atoms with Gasteiger partial charge in [-0.25, -0.2) is 0 Å². The summed E-state index contributed by atoms with van der Waals surface area (Å²) in [5.74, 6) is 1.18. The Labute approximate surface area is 145 Å². The van der Waals surface area contributed by atoms with Crippen molar-refractivity contribution in [1.29, 1.82) is 0 Å². The van der Waals surface area contributed by atoms with Gasteiger partial charge in [0.05, 0.1) is 17.3 Å². The highest BCUT2D eigenvalue weighted by Gasteiger charge is 2.37. The number of rotatable bonds is 1. The minimum Gasteiger partial charge on any atom is -0.373 e. The van der Waals surface area contributed by atoms with Crippen LogP contribution in [-0.2, 0) is 9.59 Å². The maximum absolute atomic E-state index is 13.1. The van der Waals surface area contributed by atoms with Gasteiger partial charge in [-0.3, -0.25) is 9.59 Å². The number of carbonyl (C=O) groups is 2. The van der Waals surface area contributed by atoms with Crippen molar-refractivity contribution in [3.8, 4) is 0 Å². The average molecular weight is 354 g/mol. The highest BCUT2D eigenvalue weighted by atomic mass is 35.5. The maximum atomic E-state index is 13.1. The number of nitrogens with zero attached hydrogens (tertiary/aromatic N) is 3. The van der Waals surface area contributed by atoms with Gasteiger partial charge in [-0.1, -0.05) is 11.6 Å². The smallest absolute Gasteiger partial charge is 0.250 e. The summed E-state index contributed by atoms with van der Waals surface area (Å²) in [4.78, 5) is 30.5. The quantitative estimate of drug-likeness (QED) is 0.777. The molecule has 0 radical (unpaired) electrons. The zero-order chi connectivity index (χ0) is 16.6. The van der Waals surface area contributed by atoms with E-state index in [-0.39, 0.29) is 17.9 Å². The first-order valence-electron chi connectivity index (χ1n) is 7.66. The van der Waals surface area contributed by atoms with Crippen molar-refractivity contribution < 1.29 is 9.59 Å². The molecule has 1 atom stereocenters. The van der Waals surface area contributed by atoms with Crippen LogP contribution in [0.3, 0.4) is 0 Å². The van der Waals surface area contributed by atoms with Crippen LogP contribution >= 0.6 is 23.4 Å². The van der Waals surface area contributed by atoms with E-state index in [9.17, 15) is 9.59 Å². The van der Waals surface area contributed by atoms with E-state index in [0.717, 1.165) is 24.3 Å². The van der Waals surface area contributed by atoms with Crippen molar-refractivity contribution in [2.75, 3.05) is 41.6 Å². The Bertz CT molecular complexity index is 640. The van der Waals surface area contributed by atoms with Gasteiger partial charge in [0.2, 0.25) is 5.91 Å². The summed E-state index contributed by atoms with van der Waals surface area (Å²) in [6.07, 6.45) is 0.883. The second-order valence-corrected chi connectivity index (χ2v) is 7.34. The third-order valence-corrected chi connectivity index (χ3v) is 5.60. The van der Waals surface area contributed by atoms with Crippen molar-refractivity contribution >= 4 is 46.6 Å². The number of fused-ring (bicyclic) bond motifs is 1. The van der Waals surface area contributed by atoms with Crippen LogP contribution in [0.15, 0.2) is 18.2 Å². The molecule has 3 rings (SSSR count). The minimum absolute atomic E-state index is 0.0102. The lowest BCUT2D eigenvalue weighted by Crippen LogP contribution is -2.48. The molecule has 2 aliphatic rings. The van der Waals surface area contributed by atoms with Gasteiger partial charge in [-0.05, 0) is 24.6 Å². The monoisotopic (exact) mass is 353 g/mol. The number of hydrogen-bond acceptors (Lipinski definition) is 4. The number of benzene rings is 1. The van der Waals surface area contributed by atoms with E-state index in [1.54, 1.807) is 21.6 Å². The third-order valence-electron chi connectivity index (χ3n) is 4.35. The number of halogens is 1. The van der Waals surface area contributed by atoms with Gasteiger partial charge in [0, 0.05) is 37.8 Å². The number of thioether (sulfide) groups is 1. The maximum Gasteiger partial charge on any atom is 0.250 e. The standard InChI is InChI=1S/C16H20ClN3O2S/c1-11(21)20-10-23-9-15(20)16(22)19-7-3-6-18(2)13-5-4-12(17)8-14(13)19/h4-5,8,15H,3,6-7,9-10H2,1-2H3. The minimum atomic E-state index is -0.382. The number of anilines is 2. The zero-order valence-corrected chi connectivity index (χ0v) is 14.9. The predicted octanol–water partition coefficient (Wildman–Crippen LogP) is 2.43. The molecule has 124 valence electrons. The lowest BCUT2D eigenvalue weighted by molar-refractivity contribution is -0.135. The van der Waals surface area contributed by atoms with Crippen LogP contribution in [0, 0.1) is 0 Å². The highest BCUT2D eigenvalue weighted by Crippen LogP contribution is 2.35. The predicted molar refractivity (Wildman–Crippen MR) is 95.3 cm³/mol. The normalized spacial score (nSPS) is 21.2. The molecule has 1 aromatic rings. The van der Waals surface area contributed by atoms with Crippen molar-refractivity contribution in [3.63, 3.8) is 0 Å². The molecular formula is C16H20ClN3O2S. The summed E-state index contributed by atoms with van der Waals surface area (Å²) in [7, 11) is 2.02. The van der Waals surface area contributed by atoms with Gasteiger partial charge in [0.25, 0.3) is 5.91 Å². The van der Waals surface area contributed by atoms with E-state index in [1.165, 1.54) is 6.92 Å². The Morgan fingerprint density at radius 1 is 1.26 bits per heavy atom. The van der Waals surface area contributed by atoms with Crippen molar-refractivity contribution in [2.24, 2.45) is 0 Å². The Hall–Kier alpha value is -1.40. The van der Waals surface area contributed by atoms with Crippen molar-refractivity contribution in [3.05, 3.63) is 23.2 Å². The van der Waals surface area contributed by atoms with E-state index in [4.69, 9.17) is 11.6 Å². The molecule has 0 spiro atoms. The summed E-state index contributed by atoms with van der Waals surface area (Å²) < 4.78 is 0. The molecule has 23 heavy (non-hydrogen) atoms. The summed E-state index contributed by atoms with van der Waals surface area (Å²) in [5, 5.41) is 0.612. The first-order chi connectivity index (χ1) is 11.0. The van der Waals surface area contributed by atoms with E-state index in [0.29, 0.717) is 23.2 Å². The van der Waals surface area contributed by atoms with Crippen LogP contribution in [-0.4, -0.2) is 54.5 Å². The molecule has 1 unspecified atom stereocenters. The largest absolute Gasteiger partial charge is 0.373 e. The number of amides is 2. The van der Waals surface area contributed by atoms with Gasteiger partial charge in [0.15, 0.2) is 0 Å². The fourth-order valence-corrected chi connectivity index (χ4v) is 4.48. The second-order valence-electron chi connectivity index (χ2n) is 5.90. The first kappa shape index (κ1) is 16.5. The molecule has 0 saturated carbocycles. The number of hydrogen-bond donors (Lipinski definition) is 0. The van der Waals surface area contributed by atoms with E-state index >= 15 is 0 Å². The molecule has 2 aliphatic heterocycles. The average Bonchev–Trinajstić information content (AvgIpc) is 2.94. The summed E-state index contributed by atoms with van der Waals surface area (Å²) in [5.41, 5.74) is 1.84. The Balaban J connectivity index is 1.96. The fourth-order valence-electron chi connectivity index (χ4n) is 3.11. The van der Waals surface area contributed by atoms with Crippen LogP contribution in [0.25, 0.3) is 0 Å². The van der Waals surface area contributed by atoms with Crippen LogP contribution in [0.4, 0.5) is 11.4 Å². The SMILES string of the molecule is CC(=O)N1CSCC1C(=O)N1CCCN(C)c2ccc(Cl)cc21. The van der Waals surface area contributed by atoms with Gasteiger partial charge in [-0.2, -0.15) is 0 Å². The number of carbonyl (C=O) groups excluding carboxylic acids is 2. The highest BCUT2D eigenvalue weighted by molar-refractivity contribution is 7.99. The Morgan fingerprint density at radius 2 is 2.04 bits per heavy atom. The van der Waals surface area contributed by atoms with Crippen LogP contribution < -0.4 is 9.80 Å². The van der Waals surface area contributed by atoms with Gasteiger partial charge >= 0.3 is 0 Å². The van der Waals surface area contributed by atoms with Crippen molar-refractivity contribution in [2.45, 2.75) is 19.4 Å². The molecule has 0 aromatic heterocycles. The zero-order valence-electron chi connectivity index (χ0n) is 13.3. The lowest BCUT2D eigenvalue weighted by atomic mass is 10.2. The molecular weight excluding hydrogens is 334 g/mol. The Kier molecular flexibility index (Phi) is 4.73. The summed E-state index contributed by atoms with van der Waals surface area (Å²) in [6, 6.07) is 5.26. The second kappa shape index (κ2) is 6.61.